The third-order valence-electron chi connectivity index (χ3n) is 4.26. The van der Waals surface area contributed by atoms with Crippen molar-refractivity contribution in [2.75, 3.05) is 17.7 Å². The van der Waals surface area contributed by atoms with Crippen LogP contribution >= 0.6 is 23.1 Å². The van der Waals surface area contributed by atoms with Crippen LogP contribution in [0, 0.1) is 5.82 Å². The average molecular weight is 453 g/mol. The molecule has 0 spiro atoms. The maximum absolute atomic E-state index is 13.0. The number of fused-ring (bicyclic) bond motifs is 1. The highest BCUT2D eigenvalue weighted by Gasteiger charge is 2.11. The van der Waals surface area contributed by atoms with Crippen LogP contribution in [0.1, 0.15) is 10.4 Å². The zero-order valence-corrected chi connectivity index (χ0v) is 17.8. The van der Waals surface area contributed by atoms with E-state index in [0.717, 1.165) is 14.6 Å². The molecule has 1 heterocycles. The van der Waals surface area contributed by atoms with Crippen molar-refractivity contribution in [2.24, 2.45) is 0 Å². The summed E-state index contributed by atoms with van der Waals surface area (Å²) >= 11 is 2.78. The van der Waals surface area contributed by atoms with Crippen molar-refractivity contribution in [2.45, 2.75) is 4.34 Å². The quantitative estimate of drug-likeness (QED) is 0.285. The fourth-order valence-electron chi connectivity index (χ4n) is 2.75. The first-order valence-corrected chi connectivity index (χ1v) is 11.2. The number of amides is 1. The monoisotopic (exact) mass is 452 g/mol. The minimum absolute atomic E-state index is 0.0860. The molecule has 0 bridgehead atoms. The highest BCUT2D eigenvalue weighted by atomic mass is 32.2. The number of anilines is 1. The van der Waals surface area contributed by atoms with Gasteiger partial charge in [0.25, 0.3) is 5.91 Å². The molecule has 0 fully saturated rings. The van der Waals surface area contributed by atoms with Gasteiger partial charge in [-0.25, -0.2) is 9.37 Å². The number of rotatable bonds is 8. The fourth-order valence-corrected chi connectivity index (χ4v) is 4.75. The van der Waals surface area contributed by atoms with Gasteiger partial charge in [-0.15, -0.1) is 11.3 Å². The molecule has 0 saturated carbocycles. The number of benzene rings is 3. The van der Waals surface area contributed by atoms with Gasteiger partial charge in [-0.3, -0.25) is 9.59 Å². The minimum Gasteiger partial charge on any atom is -0.484 e. The SMILES string of the molecule is O=C(COc1ccccc1)Nc1ccc2nc(SCC(=O)c3ccc(F)cc3)sc2c1. The van der Waals surface area contributed by atoms with Gasteiger partial charge < -0.3 is 10.1 Å². The summed E-state index contributed by atoms with van der Waals surface area (Å²) in [5, 5.41) is 2.81. The molecule has 1 amide bonds. The normalized spacial score (nSPS) is 10.7. The first-order valence-electron chi connectivity index (χ1n) is 9.37. The molecule has 0 radical (unpaired) electrons. The summed E-state index contributed by atoms with van der Waals surface area (Å²) in [5.74, 6) is 0.131. The molecule has 156 valence electrons. The lowest BCUT2D eigenvalue weighted by Crippen LogP contribution is -2.20. The number of carbonyl (C=O) groups excluding carboxylic acids is 2. The van der Waals surface area contributed by atoms with Crippen LogP contribution < -0.4 is 10.1 Å². The zero-order chi connectivity index (χ0) is 21.6. The van der Waals surface area contributed by atoms with Gasteiger partial charge in [0.05, 0.1) is 16.0 Å². The number of thioether (sulfide) groups is 1. The Hall–Kier alpha value is -3.23. The summed E-state index contributed by atoms with van der Waals surface area (Å²) in [6, 6.07) is 20.1. The first kappa shape index (κ1) is 21.0. The number of carbonyl (C=O) groups is 2. The molecule has 3 aromatic carbocycles. The number of Topliss-reactive ketones (excluding diaryl/α,β-unsaturated/α-hetero) is 1. The van der Waals surface area contributed by atoms with Crippen LogP contribution in [0.25, 0.3) is 10.2 Å². The summed E-state index contributed by atoms with van der Waals surface area (Å²) < 4.78 is 20.1. The number of halogens is 1. The van der Waals surface area contributed by atoms with Gasteiger partial charge in [0.2, 0.25) is 0 Å². The topological polar surface area (TPSA) is 68.3 Å². The number of para-hydroxylation sites is 1. The van der Waals surface area contributed by atoms with E-state index in [-0.39, 0.29) is 29.9 Å². The van der Waals surface area contributed by atoms with Crippen molar-refractivity contribution in [1.82, 2.24) is 4.98 Å². The summed E-state index contributed by atoms with van der Waals surface area (Å²) in [5.41, 5.74) is 1.91. The maximum atomic E-state index is 13.0. The molecular formula is C23H17FN2O3S2. The van der Waals surface area contributed by atoms with Gasteiger partial charge in [0.15, 0.2) is 16.7 Å². The van der Waals surface area contributed by atoms with Crippen LogP contribution in [0.3, 0.4) is 0 Å². The summed E-state index contributed by atoms with van der Waals surface area (Å²) in [6.45, 7) is -0.0860. The van der Waals surface area contributed by atoms with E-state index in [1.54, 1.807) is 18.2 Å². The van der Waals surface area contributed by atoms with E-state index in [9.17, 15) is 14.0 Å². The van der Waals surface area contributed by atoms with Gasteiger partial charge >= 0.3 is 0 Å². The summed E-state index contributed by atoms with van der Waals surface area (Å²) in [6.07, 6.45) is 0. The fraction of sp³-hybridized carbons (Fsp3) is 0.0870. The molecule has 0 saturated heterocycles. The van der Waals surface area contributed by atoms with Crippen molar-refractivity contribution in [3.05, 3.63) is 84.2 Å². The third-order valence-corrected chi connectivity index (χ3v) is 6.42. The highest BCUT2D eigenvalue weighted by molar-refractivity contribution is 8.01. The Bertz CT molecular complexity index is 1210. The number of ether oxygens (including phenoxy) is 1. The smallest absolute Gasteiger partial charge is 0.262 e. The first-order chi connectivity index (χ1) is 15.1. The Labute approximate surface area is 186 Å². The number of hydrogen-bond acceptors (Lipinski definition) is 6. The zero-order valence-electron chi connectivity index (χ0n) is 16.2. The van der Waals surface area contributed by atoms with Crippen LogP contribution in [-0.4, -0.2) is 29.0 Å². The van der Waals surface area contributed by atoms with Gasteiger partial charge in [0.1, 0.15) is 11.6 Å². The van der Waals surface area contributed by atoms with Gasteiger partial charge in [0, 0.05) is 11.3 Å². The molecule has 8 heteroatoms. The average Bonchev–Trinajstić information content (AvgIpc) is 3.19. The molecular weight excluding hydrogens is 435 g/mol. The molecule has 5 nitrogen and oxygen atoms in total. The molecule has 0 atom stereocenters. The lowest BCUT2D eigenvalue weighted by molar-refractivity contribution is -0.118. The Morgan fingerprint density at radius 3 is 2.58 bits per heavy atom. The second-order valence-corrected chi connectivity index (χ2v) is 8.78. The lowest BCUT2D eigenvalue weighted by Gasteiger charge is -2.07. The van der Waals surface area contributed by atoms with Gasteiger partial charge in [-0.05, 0) is 54.6 Å². The minimum atomic E-state index is -0.370. The van der Waals surface area contributed by atoms with Gasteiger partial charge in [-0.1, -0.05) is 30.0 Å². The van der Waals surface area contributed by atoms with E-state index in [2.05, 4.69) is 10.3 Å². The van der Waals surface area contributed by atoms with Crippen LogP contribution in [0.4, 0.5) is 10.1 Å². The number of ketones is 1. The Morgan fingerprint density at radius 2 is 1.81 bits per heavy atom. The molecule has 0 aliphatic heterocycles. The highest BCUT2D eigenvalue weighted by Crippen LogP contribution is 2.31. The van der Waals surface area contributed by atoms with E-state index < -0.39 is 0 Å². The predicted octanol–water partition coefficient (Wildman–Crippen LogP) is 5.43. The molecule has 0 unspecified atom stereocenters. The number of nitrogens with one attached hydrogen (secondary N) is 1. The second kappa shape index (κ2) is 9.72. The Morgan fingerprint density at radius 1 is 1.03 bits per heavy atom. The molecule has 1 N–H and O–H groups in total. The molecule has 0 aliphatic carbocycles. The third kappa shape index (κ3) is 5.68. The lowest BCUT2D eigenvalue weighted by atomic mass is 10.1. The summed E-state index contributed by atoms with van der Waals surface area (Å²) in [7, 11) is 0. The van der Waals surface area contributed by atoms with Crippen LogP contribution in [0.15, 0.2) is 77.1 Å². The van der Waals surface area contributed by atoms with Crippen LogP contribution in [0.2, 0.25) is 0 Å². The Balaban J connectivity index is 1.34. The number of thiazole rings is 1. The van der Waals surface area contributed by atoms with Crippen molar-refractivity contribution >= 4 is 50.7 Å². The van der Waals surface area contributed by atoms with Crippen LogP contribution in [0.5, 0.6) is 5.75 Å². The number of hydrogen-bond donors (Lipinski definition) is 1. The van der Waals surface area contributed by atoms with E-state index in [0.29, 0.717) is 17.0 Å². The standard InChI is InChI=1S/C23H17FN2O3S2/c24-16-8-6-15(7-9-16)20(27)14-30-23-26-19-11-10-17(12-21(19)31-23)25-22(28)13-29-18-4-2-1-3-5-18/h1-12H,13-14H2,(H,25,28). The van der Waals surface area contributed by atoms with Crippen molar-refractivity contribution in [1.29, 1.82) is 0 Å². The predicted molar refractivity (Wildman–Crippen MR) is 122 cm³/mol. The number of aromatic nitrogens is 1. The summed E-state index contributed by atoms with van der Waals surface area (Å²) in [4.78, 5) is 28.9. The van der Waals surface area contributed by atoms with E-state index in [1.165, 1.54) is 47.4 Å². The molecule has 4 rings (SSSR count). The Kier molecular flexibility index (Phi) is 6.59. The second-order valence-electron chi connectivity index (χ2n) is 6.53. The molecule has 1 aromatic heterocycles. The largest absolute Gasteiger partial charge is 0.484 e. The molecule has 0 aliphatic rings. The number of nitrogens with zero attached hydrogens (tertiary/aromatic N) is 1. The van der Waals surface area contributed by atoms with Crippen molar-refractivity contribution < 1.29 is 18.7 Å². The van der Waals surface area contributed by atoms with Crippen molar-refractivity contribution in [3.8, 4) is 5.75 Å². The molecule has 31 heavy (non-hydrogen) atoms. The van der Waals surface area contributed by atoms with Crippen molar-refractivity contribution in [3.63, 3.8) is 0 Å². The van der Waals surface area contributed by atoms with Crippen LogP contribution in [-0.2, 0) is 4.79 Å². The van der Waals surface area contributed by atoms with Gasteiger partial charge in [-0.2, -0.15) is 0 Å². The molecule has 4 aromatic rings. The van der Waals surface area contributed by atoms with E-state index in [4.69, 9.17) is 4.74 Å². The van der Waals surface area contributed by atoms with E-state index in [1.807, 2.05) is 30.3 Å². The maximum Gasteiger partial charge on any atom is 0.262 e. The van der Waals surface area contributed by atoms with E-state index >= 15 is 0 Å².